The van der Waals surface area contributed by atoms with Crippen LogP contribution in [0.2, 0.25) is 0 Å². The van der Waals surface area contributed by atoms with Crippen LogP contribution in [0, 0.1) is 17.1 Å². The van der Waals surface area contributed by atoms with Gasteiger partial charge in [0.1, 0.15) is 5.54 Å². The highest BCUT2D eigenvalue weighted by molar-refractivity contribution is 6.61. The number of carbonyl (C=O) groups is 1. The summed E-state index contributed by atoms with van der Waals surface area (Å²) in [4.78, 5) is 19.5. The predicted molar refractivity (Wildman–Crippen MR) is 131 cm³/mol. The summed E-state index contributed by atoms with van der Waals surface area (Å²) in [5.74, 6) is -2.43. The van der Waals surface area contributed by atoms with Gasteiger partial charge in [0.2, 0.25) is 0 Å². The normalized spacial score (nSPS) is 23.5. The first-order valence-electron chi connectivity index (χ1n) is 12.8. The average Bonchev–Trinajstić information content (AvgIpc) is 3.45. The molecular formula is C25H29BF4N6O3. The molecule has 3 aliphatic heterocycles. The number of rotatable bonds is 5. The van der Waals surface area contributed by atoms with Crippen molar-refractivity contribution in [1.29, 1.82) is 5.26 Å². The number of pyridine rings is 1. The summed E-state index contributed by atoms with van der Waals surface area (Å²) in [7, 11) is -0.529. The fourth-order valence-electron chi connectivity index (χ4n) is 5.48. The fourth-order valence-corrected chi connectivity index (χ4v) is 5.48. The molecule has 208 valence electrons. The first-order chi connectivity index (χ1) is 18.3. The number of piperidine rings is 1. The molecule has 3 saturated heterocycles. The second-order valence-corrected chi connectivity index (χ2v) is 11.1. The van der Waals surface area contributed by atoms with Crippen LogP contribution in [0.4, 0.5) is 17.6 Å². The van der Waals surface area contributed by atoms with Crippen molar-refractivity contribution < 1.29 is 31.7 Å². The summed E-state index contributed by atoms with van der Waals surface area (Å²) in [5.41, 5.74) is -2.47. The van der Waals surface area contributed by atoms with Gasteiger partial charge in [-0.2, -0.15) is 23.5 Å². The lowest BCUT2D eigenvalue weighted by atomic mass is 9.81. The molecule has 0 N–H and O–H groups in total. The maximum atomic E-state index is 14.4. The Morgan fingerprint density at radius 1 is 1.28 bits per heavy atom. The van der Waals surface area contributed by atoms with Crippen molar-refractivity contribution in [2.45, 2.75) is 69.5 Å². The van der Waals surface area contributed by atoms with Crippen molar-refractivity contribution >= 4 is 18.5 Å². The Morgan fingerprint density at radius 3 is 2.56 bits per heavy atom. The number of amides is 1. The summed E-state index contributed by atoms with van der Waals surface area (Å²) in [6, 6.07) is 3.36. The van der Waals surface area contributed by atoms with Gasteiger partial charge in [0.15, 0.2) is 11.5 Å². The molecule has 39 heavy (non-hydrogen) atoms. The average molecular weight is 548 g/mol. The molecule has 0 spiro atoms. The summed E-state index contributed by atoms with van der Waals surface area (Å²) >= 11 is 0. The van der Waals surface area contributed by atoms with Gasteiger partial charge in [0.05, 0.1) is 29.8 Å². The van der Waals surface area contributed by atoms with Crippen molar-refractivity contribution in [3.05, 3.63) is 41.7 Å². The third-order valence-electron chi connectivity index (χ3n) is 8.14. The lowest BCUT2D eigenvalue weighted by Crippen LogP contribution is -2.66. The Bertz CT molecular complexity index is 1280. The van der Waals surface area contributed by atoms with Gasteiger partial charge in [0, 0.05) is 56.3 Å². The van der Waals surface area contributed by atoms with E-state index in [4.69, 9.17) is 9.31 Å². The molecule has 5 rings (SSSR count). The molecule has 0 bridgehead atoms. The molecule has 0 saturated carbocycles. The zero-order valence-electron chi connectivity index (χ0n) is 21.9. The molecule has 0 aromatic carbocycles. The summed E-state index contributed by atoms with van der Waals surface area (Å²) < 4.78 is 67.3. The molecule has 2 aromatic heterocycles. The van der Waals surface area contributed by atoms with E-state index in [0.29, 0.717) is 25.9 Å². The molecular weight excluding hydrogens is 519 g/mol. The van der Waals surface area contributed by atoms with Crippen molar-refractivity contribution in [2.24, 2.45) is 0 Å². The minimum absolute atomic E-state index is 0.0856. The van der Waals surface area contributed by atoms with Crippen LogP contribution in [0.3, 0.4) is 0 Å². The van der Waals surface area contributed by atoms with Crippen LogP contribution >= 0.6 is 0 Å². The van der Waals surface area contributed by atoms with Gasteiger partial charge in [-0.15, -0.1) is 0 Å². The Labute approximate surface area is 223 Å². The Kier molecular flexibility index (Phi) is 6.97. The molecule has 9 nitrogen and oxygen atoms in total. The maximum Gasteiger partial charge on any atom is 0.497 e. The summed E-state index contributed by atoms with van der Waals surface area (Å²) in [6.45, 7) is 7.63. The van der Waals surface area contributed by atoms with Gasteiger partial charge in [-0.05, 0) is 39.7 Å². The monoisotopic (exact) mass is 548 g/mol. The number of carbonyl (C=O) groups excluding carboxylic acids is 1. The number of aromatic nitrogens is 3. The molecule has 2 aromatic rings. The second kappa shape index (κ2) is 9.87. The van der Waals surface area contributed by atoms with E-state index in [1.165, 1.54) is 4.90 Å². The highest BCUT2D eigenvalue weighted by atomic mass is 19.4. The number of alkyl halides is 3. The zero-order valence-corrected chi connectivity index (χ0v) is 21.9. The zero-order chi connectivity index (χ0) is 28.2. The van der Waals surface area contributed by atoms with Crippen LogP contribution in [0.1, 0.15) is 56.1 Å². The van der Waals surface area contributed by atoms with Gasteiger partial charge in [-0.1, -0.05) is 0 Å². The van der Waals surface area contributed by atoms with E-state index in [2.05, 4.69) is 21.1 Å². The third kappa shape index (κ3) is 5.03. The highest BCUT2D eigenvalue weighted by Gasteiger charge is 2.50. The Hall–Kier alpha value is -3.02. The van der Waals surface area contributed by atoms with Crippen LogP contribution in [-0.4, -0.2) is 81.5 Å². The van der Waals surface area contributed by atoms with E-state index < -0.39 is 47.4 Å². The van der Waals surface area contributed by atoms with Gasteiger partial charge < -0.3 is 14.2 Å². The molecule has 3 fully saturated rings. The van der Waals surface area contributed by atoms with Gasteiger partial charge in [-0.25, -0.2) is 9.37 Å². The number of hydrogen-bond donors (Lipinski definition) is 0. The first-order valence-corrected chi connectivity index (χ1v) is 12.8. The maximum absolute atomic E-state index is 14.4. The van der Waals surface area contributed by atoms with E-state index in [1.54, 1.807) is 6.20 Å². The largest absolute Gasteiger partial charge is 0.497 e. The van der Waals surface area contributed by atoms with Crippen LogP contribution in [-0.2, 0) is 21.0 Å². The smallest absolute Gasteiger partial charge is 0.402 e. The molecule has 0 aliphatic carbocycles. The summed E-state index contributed by atoms with van der Waals surface area (Å²) in [6.07, 6.45) is 0.718. The predicted octanol–water partition coefficient (Wildman–Crippen LogP) is 2.57. The highest BCUT2D eigenvalue weighted by Crippen LogP contribution is 2.36. The molecule has 3 aliphatic rings. The number of nitriles is 1. The molecule has 1 amide bonds. The third-order valence-corrected chi connectivity index (χ3v) is 8.14. The Morgan fingerprint density at radius 2 is 1.97 bits per heavy atom. The summed E-state index contributed by atoms with van der Waals surface area (Å²) in [5, 5.41) is 14.1. The van der Waals surface area contributed by atoms with E-state index in [0.717, 1.165) is 17.7 Å². The van der Waals surface area contributed by atoms with Gasteiger partial charge in [0.25, 0.3) is 5.91 Å². The molecule has 1 unspecified atom stereocenters. The molecule has 0 radical (unpaired) electrons. The van der Waals surface area contributed by atoms with Crippen LogP contribution in [0.15, 0.2) is 24.7 Å². The van der Waals surface area contributed by atoms with Crippen molar-refractivity contribution in [3.63, 3.8) is 0 Å². The fraction of sp³-hybridized carbons (Fsp3) is 0.600. The van der Waals surface area contributed by atoms with Crippen molar-refractivity contribution in [2.75, 3.05) is 26.2 Å². The minimum atomic E-state index is -4.98. The van der Waals surface area contributed by atoms with E-state index in [9.17, 15) is 27.6 Å². The van der Waals surface area contributed by atoms with Crippen LogP contribution in [0.5, 0.6) is 0 Å². The Balaban J connectivity index is 1.20. The van der Waals surface area contributed by atoms with E-state index in [-0.39, 0.29) is 31.7 Å². The molecule has 5 heterocycles. The standard InChI is InChI=1S/C25H29BF4N6O3/c1-16-23(2,3)39-26(38-16)17-12-33-36(13-17)24(7-8-31)14-35(15-24)18-5-10-34(11-6-18)22(37)19-4-9-32-21(20(19)27)25(28,29)30/h4,9,12-13,16,18H,5-7,10-11,14-15H2,1-3H3. The molecule has 1 atom stereocenters. The number of hydrogen-bond acceptors (Lipinski definition) is 7. The topological polar surface area (TPSA) is 96.5 Å². The number of likely N-dealkylation sites (tertiary alicyclic amines) is 2. The second-order valence-electron chi connectivity index (χ2n) is 11.1. The van der Waals surface area contributed by atoms with Crippen LogP contribution < -0.4 is 5.46 Å². The van der Waals surface area contributed by atoms with Crippen molar-refractivity contribution in [3.8, 4) is 6.07 Å². The lowest BCUT2D eigenvalue weighted by molar-refractivity contribution is -0.143. The SMILES string of the molecule is CC1OB(c2cnn(C3(CC#N)CN(C4CCN(C(=O)c5ccnc(C(F)(F)F)c5F)CC4)C3)c2)OC1(C)C. The van der Waals surface area contributed by atoms with E-state index >= 15 is 0 Å². The quantitative estimate of drug-likeness (QED) is 0.419. The lowest BCUT2D eigenvalue weighted by Gasteiger charge is -2.53. The first kappa shape index (κ1) is 27.5. The van der Waals surface area contributed by atoms with Crippen molar-refractivity contribution in [1.82, 2.24) is 24.6 Å². The number of halogens is 4. The van der Waals surface area contributed by atoms with Gasteiger partial charge >= 0.3 is 13.3 Å². The number of nitrogens with zero attached hydrogens (tertiary/aromatic N) is 6. The molecule has 14 heteroatoms. The van der Waals surface area contributed by atoms with E-state index in [1.807, 2.05) is 31.6 Å². The minimum Gasteiger partial charge on any atom is -0.402 e. The van der Waals surface area contributed by atoms with Crippen LogP contribution in [0.25, 0.3) is 0 Å². The van der Waals surface area contributed by atoms with Gasteiger partial charge in [-0.3, -0.25) is 14.4 Å².